The molecule has 1 fully saturated rings. The summed E-state index contributed by atoms with van der Waals surface area (Å²) in [4.78, 5) is 14.4. The number of carbonyl (C=O) groups is 1. The summed E-state index contributed by atoms with van der Waals surface area (Å²) in [7, 11) is 0. The van der Waals surface area contributed by atoms with Crippen LogP contribution < -0.4 is 4.90 Å². The zero-order valence-electron chi connectivity index (χ0n) is 10.2. The fraction of sp³-hybridized carbons (Fsp3) is 0.533. The molecule has 0 amide bonds. The van der Waals surface area contributed by atoms with E-state index in [9.17, 15) is 4.79 Å². The molecule has 1 heterocycles. The van der Waals surface area contributed by atoms with Gasteiger partial charge in [0.05, 0.1) is 6.04 Å². The highest BCUT2D eigenvalue weighted by molar-refractivity contribution is 5.88. The van der Waals surface area contributed by atoms with Gasteiger partial charge in [0.1, 0.15) is 0 Å². The molecule has 0 saturated heterocycles. The molecule has 1 aliphatic heterocycles. The summed E-state index contributed by atoms with van der Waals surface area (Å²) >= 11 is 0. The quantitative estimate of drug-likeness (QED) is 0.738. The maximum atomic E-state index is 12.1. The Hall–Kier alpha value is -1.31. The van der Waals surface area contributed by atoms with Crippen molar-refractivity contribution in [3.63, 3.8) is 0 Å². The SMILES string of the molecule is O=C1CCCCC1N1CCCc2ccccc21. The van der Waals surface area contributed by atoms with Gasteiger partial charge in [-0.3, -0.25) is 4.79 Å². The van der Waals surface area contributed by atoms with Gasteiger partial charge in [0.25, 0.3) is 0 Å². The van der Waals surface area contributed by atoms with E-state index < -0.39 is 0 Å². The minimum absolute atomic E-state index is 0.158. The van der Waals surface area contributed by atoms with Gasteiger partial charge >= 0.3 is 0 Å². The second-order valence-electron chi connectivity index (χ2n) is 5.15. The first-order chi connectivity index (χ1) is 8.36. The number of para-hydroxylation sites is 1. The lowest BCUT2D eigenvalue weighted by atomic mass is 9.90. The van der Waals surface area contributed by atoms with Gasteiger partial charge in [-0.15, -0.1) is 0 Å². The molecule has 1 aromatic rings. The number of anilines is 1. The Morgan fingerprint density at radius 3 is 2.82 bits per heavy atom. The highest BCUT2D eigenvalue weighted by atomic mass is 16.1. The van der Waals surface area contributed by atoms with Crippen molar-refractivity contribution < 1.29 is 4.79 Å². The van der Waals surface area contributed by atoms with Crippen LogP contribution in [0.2, 0.25) is 0 Å². The lowest BCUT2D eigenvalue weighted by molar-refractivity contribution is -0.121. The standard InChI is InChI=1S/C15H19NO/c17-15-10-4-3-9-14(15)16-11-5-7-12-6-1-2-8-13(12)16/h1-2,6,8,14H,3-5,7,9-11H2. The average molecular weight is 229 g/mol. The van der Waals surface area contributed by atoms with Gasteiger partial charge in [0.15, 0.2) is 5.78 Å². The van der Waals surface area contributed by atoms with Gasteiger partial charge < -0.3 is 4.90 Å². The van der Waals surface area contributed by atoms with Crippen molar-refractivity contribution in [3.05, 3.63) is 29.8 Å². The number of hydrogen-bond acceptors (Lipinski definition) is 2. The summed E-state index contributed by atoms with van der Waals surface area (Å²) < 4.78 is 0. The zero-order chi connectivity index (χ0) is 11.7. The highest BCUT2D eigenvalue weighted by Crippen LogP contribution is 2.31. The molecule has 1 saturated carbocycles. The molecule has 0 aromatic heterocycles. The van der Waals surface area contributed by atoms with Crippen LogP contribution in [0.5, 0.6) is 0 Å². The number of hydrogen-bond donors (Lipinski definition) is 0. The van der Waals surface area contributed by atoms with E-state index in [1.807, 2.05) is 0 Å². The fourth-order valence-corrected chi connectivity index (χ4v) is 3.18. The van der Waals surface area contributed by atoms with E-state index >= 15 is 0 Å². The number of ketones is 1. The summed E-state index contributed by atoms with van der Waals surface area (Å²) in [6.45, 7) is 1.05. The lowest BCUT2D eigenvalue weighted by Gasteiger charge is -2.38. The highest BCUT2D eigenvalue weighted by Gasteiger charge is 2.30. The van der Waals surface area contributed by atoms with Gasteiger partial charge in [-0.2, -0.15) is 0 Å². The van der Waals surface area contributed by atoms with Crippen molar-refractivity contribution in [2.75, 3.05) is 11.4 Å². The second-order valence-corrected chi connectivity index (χ2v) is 5.15. The van der Waals surface area contributed by atoms with E-state index in [-0.39, 0.29) is 6.04 Å². The van der Waals surface area contributed by atoms with E-state index in [0.717, 1.165) is 32.2 Å². The maximum absolute atomic E-state index is 12.1. The molecule has 90 valence electrons. The van der Waals surface area contributed by atoms with Crippen LogP contribution in [0, 0.1) is 0 Å². The van der Waals surface area contributed by atoms with Gasteiger partial charge in [0.2, 0.25) is 0 Å². The minimum Gasteiger partial charge on any atom is -0.361 e. The number of carbonyl (C=O) groups excluding carboxylic acids is 1. The van der Waals surface area contributed by atoms with Crippen molar-refractivity contribution in [1.29, 1.82) is 0 Å². The maximum Gasteiger partial charge on any atom is 0.155 e. The first kappa shape index (κ1) is 10.8. The third-order valence-corrected chi connectivity index (χ3v) is 4.04. The first-order valence-electron chi connectivity index (χ1n) is 6.73. The summed E-state index contributed by atoms with van der Waals surface area (Å²) in [5, 5.41) is 0. The van der Waals surface area contributed by atoms with Crippen LogP contribution in [0.3, 0.4) is 0 Å². The Bertz CT molecular complexity index is 427. The van der Waals surface area contributed by atoms with E-state index in [1.54, 1.807) is 0 Å². The van der Waals surface area contributed by atoms with Crippen LogP contribution in [-0.4, -0.2) is 18.4 Å². The van der Waals surface area contributed by atoms with Crippen molar-refractivity contribution in [2.24, 2.45) is 0 Å². The number of rotatable bonds is 1. The summed E-state index contributed by atoms with van der Waals surface area (Å²) in [6.07, 6.45) is 6.46. The van der Waals surface area contributed by atoms with E-state index in [4.69, 9.17) is 0 Å². The van der Waals surface area contributed by atoms with Crippen LogP contribution in [0.15, 0.2) is 24.3 Å². The lowest BCUT2D eigenvalue weighted by Crippen LogP contribution is -2.45. The second kappa shape index (κ2) is 4.52. The molecule has 1 aromatic carbocycles. The molecule has 0 radical (unpaired) electrons. The fourth-order valence-electron chi connectivity index (χ4n) is 3.18. The van der Waals surface area contributed by atoms with Crippen molar-refractivity contribution in [2.45, 2.75) is 44.6 Å². The van der Waals surface area contributed by atoms with Gasteiger partial charge in [0, 0.05) is 18.7 Å². The Morgan fingerprint density at radius 1 is 1.06 bits per heavy atom. The number of benzene rings is 1. The van der Waals surface area contributed by atoms with Crippen LogP contribution >= 0.6 is 0 Å². The van der Waals surface area contributed by atoms with Gasteiger partial charge in [-0.25, -0.2) is 0 Å². The molecule has 2 heteroatoms. The monoisotopic (exact) mass is 229 g/mol. The molecule has 1 aliphatic carbocycles. The number of nitrogens with zero attached hydrogens (tertiary/aromatic N) is 1. The molecule has 0 N–H and O–H groups in total. The van der Waals surface area contributed by atoms with Crippen molar-refractivity contribution >= 4 is 11.5 Å². The van der Waals surface area contributed by atoms with E-state index in [0.29, 0.717) is 5.78 Å². The predicted octanol–water partition coefficient (Wildman–Crippen LogP) is 2.95. The Kier molecular flexibility index (Phi) is 2.87. The number of Topliss-reactive ketones (excluding diaryl/α,β-unsaturated/α-hetero) is 1. The Morgan fingerprint density at radius 2 is 1.94 bits per heavy atom. The van der Waals surface area contributed by atoms with Crippen LogP contribution in [-0.2, 0) is 11.2 Å². The van der Waals surface area contributed by atoms with Crippen LogP contribution in [0.25, 0.3) is 0 Å². The Balaban J connectivity index is 1.91. The minimum atomic E-state index is 0.158. The largest absolute Gasteiger partial charge is 0.361 e. The molecule has 3 rings (SSSR count). The molecule has 2 nitrogen and oxygen atoms in total. The van der Waals surface area contributed by atoms with Crippen LogP contribution in [0.4, 0.5) is 5.69 Å². The summed E-state index contributed by atoms with van der Waals surface area (Å²) in [5.74, 6) is 0.452. The van der Waals surface area contributed by atoms with Crippen molar-refractivity contribution in [1.82, 2.24) is 0 Å². The predicted molar refractivity (Wildman–Crippen MR) is 69.4 cm³/mol. The normalized spacial score (nSPS) is 24.6. The van der Waals surface area contributed by atoms with Crippen molar-refractivity contribution in [3.8, 4) is 0 Å². The topological polar surface area (TPSA) is 20.3 Å². The molecule has 2 aliphatic rings. The molecular formula is C15H19NO. The van der Waals surface area contributed by atoms with Gasteiger partial charge in [-0.1, -0.05) is 24.6 Å². The first-order valence-corrected chi connectivity index (χ1v) is 6.73. The number of aryl methyl sites for hydroxylation is 1. The molecule has 1 atom stereocenters. The van der Waals surface area contributed by atoms with Crippen LogP contribution in [0.1, 0.15) is 37.7 Å². The summed E-state index contributed by atoms with van der Waals surface area (Å²) in [5.41, 5.74) is 2.72. The smallest absolute Gasteiger partial charge is 0.155 e. The molecule has 17 heavy (non-hydrogen) atoms. The summed E-state index contributed by atoms with van der Waals surface area (Å²) in [6, 6.07) is 8.73. The van der Waals surface area contributed by atoms with Gasteiger partial charge in [-0.05, 0) is 37.3 Å². The molecule has 0 spiro atoms. The Labute approximate surface area is 103 Å². The third-order valence-electron chi connectivity index (χ3n) is 4.04. The number of fused-ring (bicyclic) bond motifs is 1. The zero-order valence-corrected chi connectivity index (χ0v) is 10.2. The van der Waals surface area contributed by atoms with E-state index in [1.165, 1.54) is 24.1 Å². The molecule has 1 unspecified atom stereocenters. The van der Waals surface area contributed by atoms with E-state index in [2.05, 4.69) is 29.2 Å². The third kappa shape index (κ3) is 1.97. The molecular weight excluding hydrogens is 210 g/mol. The average Bonchev–Trinajstić information content (AvgIpc) is 2.39. The molecule has 0 bridgehead atoms.